The molecule has 112 valence electrons. The minimum absolute atomic E-state index is 0.490. The molecule has 2 aromatic rings. The van der Waals surface area contributed by atoms with Crippen molar-refractivity contribution in [1.29, 1.82) is 0 Å². The van der Waals surface area contributed by atoms with Crippen LogP contribution in [0.5, 0.6) is 5.88 Å². The van der Waals surface area contributed by atoms with Crippen LogP contribution in [0, 0.1) is 0 Å². The third kappa shape index (κ3) is 2.62. The van der Waals surface area contributed by atoms with Gasteiger partial charge in [-0.1, -0.05) is 5.16 Å². The molecule has 0 amide bonds. The van der Waals surface area contributed by atoms with Gasteiger partial charge in [0.1, 0.15) is 5.60 Å². The third-order valence-electron chi connectivity index (χ3n) is 3.82. The number of hydrogen-bond acceptors (Lipinski definition) is 7. The summed E-state index contributed by atoms with van der Waals surface area (Å²) in [7, 11) is 3.26. The van der Waals surface area contributed by atoms with Gasteiger partial charge in [-0.25, -0.2) is 4.98 Å². The van der Waals surface area contributed by atoms with Crippen molar-refractivity contribution in [3.8, 4) is 17.3 Å². The molecule has 0 aliphatic carbocycles. The van der Waals surface area contributed by atoms with E-state index in [9.17, 15) is 0 Å². The first-order valence-electron chi connectivity index (χ1n) is 6.88. The molecule has 1 saturated heterocycles. The van der Waals surface area contributed by atoms with Crippen molar-refractivity contribution < 1.29 is 14.0 Å². The summed E-state index contributed by atoms with van der Waals surface area (Å²) in [6, 6.07) is 3.62. The van der Waals surface area contributed by atoms with E-state index in [4.69, 9.17) is 14.0 Å². The maximum absolute atomic E-state index is 5.68. The topological polar surface area (TPSA) is 82.3 Å². The fourth-order valence-electron chi connectivity index (χ4n) is 2.50. The molecule has 1 aliphatic heterocycles. The molecular weight excluding hydrogens is 272 g/mol. The van der Waals surface area contributed by atoms with Crippen molar-refractivity contribution in [3.63, 3.8) is 0 Å². The van der Waals surface area contributed by atoms with E-state index in [2.05, 4.69) is 20.4 Å². The van der Waals surface area contributed by atoms with Crippen LogP contribution in [0.25, 0.3) is 11.4 Å². The minimum Gasteiger partial charge on any atom is -0.481 e. The molecule has 0 saturated carbocycles. The molecule has 0 atom stereocenters. The van der Waals surface area contributed by atoms with E-state index < -0.39 is 5.60 Å². The van der Waals surface area contributed by atoms with E-state index in [1.807, 2.05) is 6.07 Å². The summed E-state index contributed by atoms with van der Waals surface area (Å²) in [5.41, 5.74) is 0.294. The SMILES string of the molecule is COc1ccc(-c2noc(C3(OC)CCNCC3)n2)cn1. The Morgan fingerprint density at radius 1 is 1.24 bits per heavy atom. The number of methoxy groups -OCH3 is 2. The molecule has 7 nitrogen and oxygen atoms in total. The lowest BCUT2D eigenvalue weighted by Crippen LogP contribution is -2.41. The molecule has 0 spiro atoms. The summed E-state index contributed by atoms with van der Waals surface area (Å²) >= 11 is 0. The van der Waals surface area contributed by atoms with Crippen LogP contribution < -0.4 is 10.1 Å². The fourth-order valence-corrected chi connectivity index (χ4v) is 2.50. The van der Waals surface area contributed by atoms with Gasteiger partial charge in [0.05, 0.1) is 7.11 Å². The number of hydrogen-bond donors (Lipinski definition) is 1. The van der Waals surface area contributed by atoms with Crippen LogP contribution in [-0.4, -0.2) is 42.4 Å². The van der Waals surface area contributed by atoms with E-state index >= 15 is 0 Å². The second kappa shape index (κ2) is 5.79. The van der Waals surface area contributed by atoms with Crippen molar-refractivity contribution in [2.75, 3.05) is 27.3 Å². The van der Waals surface area contributed by atoms with Gasteiger partial charge in [0.15, 0.2) is 0 Å². The summed E-state index contributed by atoms with van der Waals surface area (Å²) in [4.78, 5) is 8.64. The second-order valence-corrected chi connectivity index (χ2v) is 4.96. The molecule has 0 bridgehead atoms. The van der Waals surface area contributed by atoms with E-state index in [0.29, 0.717) is 17.6 Å². The summed E-state index contributed by atoms with van der Waals surface area (Å²) < 4.78 is 16.2. The van der Waals surface area contributed by atoms with Gasteiger partial charge in [-0.15, -0.1) is 0 Å². The number of ether oxygens (including phenoxy) is 2. The van der Waals surface area contributed by atoms with E-state index in [1.54, 1.807) is 26.5 Å². The van der Waals surface area contributed by atoms with Gasteiger partial charge in [0.25, 0.3) is 5.89 Å². The Balaban J connectivity index is 1.87. The predicted octanol–water partition coefficient (Wildman–Crippen LogP) is 1.37. The molecule has 1 fully saturated rings. The van der Waals surface area contributed by atoms with Crippen molar-refractivity contribution in [3.05, 3.63) is 24.2 Å². The Hall–Kier alpha value is -1.99. The lowest BCUT2D eigenvalue weighted by Gasteiger charge is -2.32. The molecule has 2 aromatic heterocycles. The number of nitrogens with zero attached hydrogens (tertiary/aromatic N) is 3. The van der Waals surface area contributed by atoms with Gasteiger partial charge in [-0.05, 0) is 32.0 Å². The van der Waals surface area contributed by atoms with Crippen LogP contribution in [0.15, 0.2) is 22.9 Å². The Kier molecular flexibility index (Phi) is 3.85. The lowest BCUT2D eigenvalue weighted by molar-refractivity contribution is -0.0622. The highest BCUT2D eigenvalue weighted by molar-refractivity contribution is 5.53. The van der Waals surface area contributed by atoms with Crippen molar-refractivity contribution in [2.45, 2.75) is 18.4 Å². The highest BCUT2D eigenvalue weighted by Gasteiger charge is 2.39. The maximum Gasteiger partial charge on any atom is 0.259 e. The highest BCUT2D eigenvalue weighted by Crippen LogP contribution is 2.34. The standard InChI is InChI=1S/C14H18N4O3/c1-19-11-4-3-10(9-16-11)12-17-13(21-18-12)14(20-2)5-7-15-8-6-14/h3-4,9,15H,5-8H2,1-2H3. The number of rotatable bonds is 4. The fraction of sp³-hybridized carbons (Fsp3) is 0.500. The Bertz CT molecular complexity index is 591. The minimum atomic E-state index is -0.490. The Labute approximate surface area is 122 Å². The first-order chi connectivity index (χ1) is 10.3. The number of piperidine rings is 1. The van der Waals surface area contributed by atoms with Gasteiger partial charge in [0, 0.05) is 24.9 Å². The first-order valence-corrected chi connectivity index (χ1v) is 6.88. The van der Waals surface area contributed by atoms with Crippen molar-refractivity contribution in [2.24, 2.45) is 0 Å². The normalized spacial score (nSPS) is 17.6. The summed E-state index contributed by atoms with van der Waals surface area (Å²) in [5, 5.41) is 7.34. The van der Waals surface area contributed by atoms with Crippen molar-refractivity contribution in [1.82, 2.24) is 20.4 Å². The smallest absolute Gasteiger partial charge is 0.259 e. The molecule has 7 heteroatoms. The number of aromatic nitrogens is 3. The monoisotopic (exact) mass is 290 g/mol. The average molecular weight is 290 g/mol. The third-order valence-corrected chi connectivity index (χ3v) is 3.82. The van der Waals surface area contributed by atoms with Crippen molar-refractivity contribution >= 4 is 0 Å². The van der Waals surface area contributed by atoms with Crippen LogP contribution in [-0.2, 0) is 10.3 Å². The Morgan fingerprint density at radius 2 is 2.05 bits per heavy atom. The quantitative estimate of drug-likeness (QED) is 0.910. The Morgan fingerprint density at radius 3 is 2.67 bits per heavy atom. The summed E-state index contributed by atoms with van der Waals surface area (Å²) in [6.07, 6.45) is 3.29. The van der Waals surface area contributed by atoms with E-state index in [0.717, 1.165) is 31.5 Å². The van der Waals surface area contributed by atoms with Crippen LogP contribution in [0.4, 0.5) is 0 Å². The second-order valence-electron chi connectivity index (χ2n) is 4.96. The van der Waals surface area contributed by atoms with Gasteiger partial charge >= 0.3 is 0 Å². The zero-order valence-electron chi connectivity index (χ0n) is 12.1. The largest absolute Gasteiger partial charge is 0.481 e. The predicted molar refractivity (Wildman–Crippen MR) is 74.9 cm³/mol. The average Bonchev–Trinajstić information content (AvgIpc) is 3.06. The van der Waals surface area contributed by atoms with Gasteiger partial charge in [-0.3, -0.25) is 0 Å². The molecule has 0 aromatic carbocycles. The molecule has 21 heavy (non-hydrogen) atoms. The summed E-state index contributed by atoms with van der Waals surface area (Å²) in [6.45, 7) is 1.74. The first kappa shape index (κ1) is 14.0. The van der Waals surface area contributed by atoms with E-state index in [1.165, 1.54) is 0 Å². The zero-order chi connectivity index (χ0) is 14.7. The molecule has 1 N–H and O–H groups in total. The number of pyridine rings is 1. The van der Waals surface area contributed by atoms with Crippen LogP contribution in [0.3, 0.4) is 0 Å². The molecule has 3 rings (SSSR count). The van der Waals surface area contributed by atoms with Gasteiger partial charge in [-0.2, -0.15) is 4.98 Å². The summed E-state index contributed by atoms with van der Waals surface area (Å²) in [5.74, 6) is 1.58. The number of nitrogens with one attached hydrogen (secondary N) is 1. The lowest BCUT2D eigenvalue weighted by atomic mass is 9.92. The van der Waals surface area contributed by atoms with Crippen LogP contribution >= 0.6 is 0 Å². The van der Waals surface area contributed by atoms with Crippen LogP contribution in [0.1, 0.15) is 18.7 Å². The molecule has 0 radical (unpaired) electrons. The maximum atomic E-state index is 5.68. The van der Waals surface area contributed by atoms with Gasteiger partial charge in [0.2, 0.25) is 11.7 Å². The van der Waals surface area contributed by atoms with Crippen LogP contribution in [0.2, 0.25) is 0 Å². The zero-order valence-corrected chi connectivity index (χ0v) is 12.1. The molecule has 3 heterocycles. The van der Waals surface area contributed by atoms with Gasteiger partial charge < -0.3 is 19.3 Å². The highest BCUT2D eigenvalue weighted by atomic mass is 16.5. The molecular formula is C14H18N4O3. The molecule has 1 aliphatic rings. The molecule has 0 unspecified atom stereocenters. The van der Waals surface area contributed by atoms with E-state index in [-0.39, 0.29) is 0 Å².